The summed E-state index contributed by atoms with van der Waals surface area (Å²) in [7, 11) is 0. The largest absolute Gasteiger partial charge is 0.338 e. The summed E-state index contributed by atoms with van der Waals surface area (Å²) in [6.45, 7) is 1.58. The van der Waals surface area contributed by atoms with Crippen LogP contribution in [-0.4, -0.2) is 48.6 Å². The van der Waals surface area contributed by atoms with Crippen LogP contribution in [0, 0.1) is 0 Å². The number of hydrogen-bond donors (Lipinski definition) is 1. The maximum absolute atomic E-state index is 12.5. The van der Waals surface area contributed by atoms with Crippen LogP contribution in [0.25, 0.3) is 0 Å². The van der Waals surface area contributed by atoms with Crippen molar-refractivity contribution in [1.29, 1.82) is 0 Å². The first-order valence-electron chi connectivity index (χ1n) is 7.97. The molecule has 3 heterocycles. The van der Waals surface area contributed by atoms with E-state index in [1.165, 1.54) is 12.8 Å². The van der Waals surface area contributed by atoms with Gasteiger partial charge < -0.3 is 4.90 Å². The molecule has 0 bridgehead atoms. The van der Waals surface area contributed by atoms with Gasteiger partial charge in [0.2, 0.25) is 5.91 Å². The number of likely N-dealkylation sites (tertiary alicyclic amines) is 1. The van der Waals surface area contributed by atoms with Gasteiger partial charge in [0.15, 0.2) is 0 Å². The lowest BCUT2D eigenvalue weighted by Gasteiger charge is -2.24. The summed E-state index contributed by atoms with van der Waals surface area (Å²) in [5.74, 6) is 0.782. The molecule has 7 heteroatoms. The Balaban J connectivity index is 1.40. The zero-order valence-electron chi connectivity index (χ0n) is 12.5. The Bertz CT molecular complexity index is 645. The van der Waals surface area contributed by atoms with E-state index in [4.69, 9.17) is 0 Å². The molecule has 2 aromatic rings. The number of amides is 1. The molecule has 1 aliphatic heterocycles. The maximum atomic E-state index is 12.5. The number of rotatable bonds is 5. The van der Waals surface area contributed by atoms with Gasteiger partial charge in [-0.1, -0.05) is 5.21 Å². The molecule has 7 nitrogen and oxygen atoms in total. The van der Waals surface area contributed by atoms with E-state index in [1.807, 2.05) is 21.8 Å². The third kappa shape index (κ3) is 2.75. The molecular weight excluding hydrogens is 280 g/mol. The molecule has 0 aromatic carbocycles. The van der Waals surface area contributed by atoms with Crippen molar-refractivity contribution in [3.63, 3.8) is 0 Å². The minimum Gasteiger partial charge on any atom is -0.338 e. The van der Waals surface area contributed by atoms with Gasteiger partial charge in [0.1, 0.15) is 0 Å². The number of hydrogen-bond acceptors (Lipinski definition) is 4. The van der Waals surface area contributed by atoms with Gasteiger partial charge in [-0.3, -0.25) is 14.6 Å². The van der Waals surface area contributed by atoms with Crippen molar-refractivity contribution >= 4 is 5.91 Å². The van der Waals surface area contributed by atoms with Gasteiger partial charge in [-0.2, -0.15) is 5.10 Å². The monoisotopic (exact) mass is 300 g/mol. The van der Waals surface area contributed by atoms with Crippen LogP contribution in [0.15, 0.2) is 18.5 Å². The van der Waals surface area contributed by atoms with Gasteiger partial charge in [0, 0.05) is 30.6 Å². The van der Waals surface area contributed by atoms with E-state index in [0.717, 1.165) is 37.3 Å². The number of aromatic amines is 1. The molecule has 1 amide bonds. The van der Waals surface area contributed by atoms with E-state index in [1.54, 1.807) is 6.20 Å². The summed E-state index contributed by atoms with van der Waals surface area (Å²) >= 11 is 0. The van der Waals surface area contributed by atoms with Crippen LogP contribution in [0.3, 0.4) is 0 Å². The predicted octanol–water partition coefficient (Wildman–Crippen LogP) is 1.11. The van der Waals surface area contributed by atoms with Crippen molar-refractivity contribution in [2.24, 2.45) is 0 Å². The molecule has 1 atom stereocenters. The second-order valence-corrected chi connectivity index (χ2v) is 6.28. The number of H-pyrrole nitrogens is 1. The highest BCUT2D eigenvalue weighted by Gasteiger charge is 2.30. The average molecular weight is 300 g/mol. The SMILES string of the molecule is O=C(Cc1ccn[nH]1)N1CCC[C@H]1Cn1cc(C2CC2)nn1. The van der Waals surface area contributed by atoms with Crippen LogP contribution < -0.4 is 0 Å². The fraction of sp³-hybridized carbons (Fsp3) is 0.600. The molecule has 0 radical (unpaired) electrons. The van der Waals surface area contributed by atoms with E-state index in [0.29, 0.717) is 12.3 Å². The van der Waals surface area contributed by atoms with Crippen LogP contribution in [0.4, 0.5) is 0 Å². The lowest BCUT2D eigenvalue weighted by molar-refractivity contribution is -0.131. The highest BCUT2D eigenvalue weighted by atomic mass is 16.2. The number of nitrogens with zero attached hydrogens (tertiary/aromatic N) is 5. The lowest BCUT2D eigenvalue weighted by atomic mass is 10.2. The first-order valence-corrected chi connectivity index (χ1v) is 7.97. The second-order valence-electron chi connectivity index (χ2n) is 6.28. The van der Waals surface area contributed by atoms with Gasteiger partial charge >= 0.3 is 0 Å². The summed E-state index contributed by atoms with van der Waals surface area (Å²) in [5, 5.41) is 15.2. The third-order valence-corrected chi connectivity index (χ3v) is 4.55. The zero-order valence-corrected chi connectivity index (χ0v) is 12.5. The number of carbonyl (C=O) groups excluding carboxylic acids is 1. The summed E-state index contributed by atoms with van der Waals surface area (Å²) in [5.41, 5.74) is 1.97. The Morgan fingerprint density at radius 1 is 1.36 bits per heavy atom. The van der Waals surface area contributed by atoms with Gasteiger partial charge in [0.25, 0.3) is 0 Å². The van der Waals surface area contributed by atoms with E-state index in [-0.39, 0.29) is 11.9 Å². The molecule has 116 valence electrons. The van der Waals surface area contributed by atoms with Crippen LogP contribution in [0.2, 0.25) is 0 Å². The molecule has 1 saturated heterocycles. The van der Waals surface area contributed by atoms with Crippen LogP contribution in [0.1, 0.15) is 43.0 Å². The van der Waals surface area contributed by atoms with Crippen molar-refractivity contribution in [1.82, 2.24) is 30.1 Å². The molecule has 2 aromatic heterocycles. The van der Waals surface area contributed by atoms with Crippen LogP contribution in [0.5, 0.6) is 0 Å². The molecule has 1 aliphatic carbocycles. The Kier molecular flexibility index (Phi) is 3.40. The molecule has 2 fully saturated rings. The minimum absolute atomic E-state index is 0.161. The standard InChI is InChI=1S/C15H20N6O/c22-15(8-12-5-6-16-17-12)21-7-1-2-13(21)9-20-10-14(18-19-20)11-3-4-11/h5-6,10-11,13H,1-4,7-9H2,(H,16,17)/t13-/m0/s1. The molecule has 4 rings (SSSR count). The quantitative estimate of drug-likeness (QED) is 0.897. The van der Waals surface area contributed by atoms with Crippen LogP contribution >= 0.6 is 0 Å². The van der Waals surface area contributed by atoms with Gasteiger partial charge in [-0.25, -0.2) is 0 Å². The first kappa shape index (κ1) is 13.5. The number of aromatic nitrogens is 5. The third-order valence-electron chi connectivity index (χ3n) is 4.55. The summed E-state index contributed by atoms with van der Waals surface area (Å²) in [6.07, 6.45) is 8.68. The lowest BCUT2D eigenvalue weighted by Crippen LogP contribution is -2.39. The fourth-order valence-electron chi connectivity index (χ4n) is 3.19. The highest BCUT2D eigenvalue weighted by Crippen LogP contribution is 2.38. The van der Waals surface area contributed by atoms with Crippen molar-refractivity contribution in [2.45, 2.75) is 50.6 Å². The van der Waals surface area contributed by atoms with Gasteiger partial charge in [-0.05, 0) is 31.7 Å². The number of nitrogens with one attached hydrogen (secondary N) is 1. The molecule has 1 saturated carbocycles. The Hall–Kier alpha value is -2.18. The van der Waals surface area contributed by atoms with Crippen molar-refractivity contribution in [3.8, 4) is 0 Å². The average Bonchev–Trinajstić information content (AvgIpc) is 2.95. The van der Waals surface area contributed by atoms with E-state index >= 15 is 0 Å². The molecule has 0 unspecified atom stereocenters. The minimum atomic E-state index is 0.161. The zero-order chi connectivity index (χ0) is 14.9. The predicted molar refractivity (Wildman–Crippen MR) is 79.0 cm³/mol. The Labute approximate surface area is 128 Å². The van der Waals surface area contributed by atoms with E-state index in [9.17, 15) is 4.79 Å². The smallest absolute Gasteiger partial charge is 0.228 e. The van der Waals surface area contributed by atoms with E-state index in [2.05, 4.69) is 20.5 Å². The topological polar surface area (TPSA) is 79.7 Å². The van der Waals surface area contributed by atoms with E-state index < -0.39 is 0 Å². The Morgan fingerprint density at radius 3 is 3.05 bits per heavy atom. The van der Waals surface area contributed by atoms with Crippen LogP contribution in [-0.2, 0) is 17.8 Å². The fourth-order valence-corrected chi connectivity index (χ4v) is 3.19. The highest BCUT2D eigenvalue weighted by molar-refractivity contribution is 5.78. The molecule has 22 heavy (non-hydrogen) atoms. The van der Waals surface area contributed by atoms with Gasteiger partial charge in [-0.15, -0.1) is 5.10 Å². The van der Waals surface area contributed by atoms with Crippen molar-refractivity contribution < 1.29 is 4.79 Å². The summed E-state index contributed by atoms with van der Waals surface area (Å²) in [4.78, 5) is 14.5. The molecular formula is C15H20N6O. The maximum Gasteiger partial charge on any atom is 0.228 e. The number of carbonyl (C=O) groups is 1. The summed E-state index contributed by atoms with van der Waals surface area (Å²) in [6, 6.07) is 2.08. The van der Waals surface area contributed by atoms with Crippen molar-refractivity contribution in [2.75, 3.05) is 6.54 Å². The first-order chi connectivity index (χ1) is 10.8. The normalized spacial score (nSPS) is 21.5. The second kappa shape index (κ2) is 5.55. The van der Waals surface area contributed by atoms with Gasteiger partial charge in [0.05, 0.1) is 24.7 Å². The molecule has 1 N–H and O–H groups in total. The molecule has 2 aliphatic rings. The molecule has 0 spiro atoms. The Morgan fingerprint density at radius 2 is 2.27 bits per heavy atom. The summed E-state index contributed by atoms with van der Waals surface area (Å²) < 4.78 is 1.90. The van der Waals surface area contributed by atoms with Crippen molar-refractivity contribution in [3.05, 3.63) is 29.8 Å².